The van der Waals surface area contributed by atoms with Gasteiger partial charge in [-0.2, -0.15) is 0 Å². The number of nitrogens with one attached hydrogen (secondary N) is 1. The van der Waals surface area contributed by atoms with Gasteiger partial charge >= 0.3 is 6.47 Å². The second-order valence-corrected chi connectivity index (χ2v) is 11.5. The van der Waals surface area contributed by atoms with E-state index >= 15 is 0 Å². The van der Waals surface area contributed by atoms with Gasteiger partial charge in [-0.15, -0.1) is 5.48 Å². The third-order valence-corrected chi connectivity index (χ3v) is 9.17. The van der Waals surface area contributed by atoms with Gasteiger partial charge in [0.25, 0.3) is 0 Å². The quantitative estimate of drug-likeness (QED) is 0.342. The first-order valence-electron chi connectivity index (χ1n) is 13.1. The molecule has 204 valence electrons. The van der Waals surface area contributed by atoms with Crippen LogP contribution in [-0.4, -0.2) is 77.6 Å². The summed E-state index contributed by atoms with van der Waals surface area (Å²) in [5, 5.41) is 10.8. The molecule has 6 rings (SSSR count). The van der Waals surface area contributed by atoms with Crippen molar-refractivity contribution in [3.63, 3.8) is 0 Å². The summed E-state index contributed by atoms with van der Waals surface area (Å²) >= 11 is 1.42. The van der Waals surface area contributed by atoms with Crippen LogP contribution in [0.2, 0.25) is 0 Å². The smallest absolute Gasteiger partial charge is 0.312 e. The van der Waals surface area contributed by atoms with E-state index in [-0.39, 0.29) is 24.2 Å². The molecule has 0 saturated carbocycles. The standard InChI is InChI=1S/C25H33N7O5S/c1-15-22(30-37-14-34)25(13-36-15)4-7-31(8-5-25)23-17(11-33)28-20(10-27-23)38-18-9-19(26)29-24-21(18)35-12-16-3-2-6-32(16)24/h9-10,14-16,22,30,33H,2-8,11-13H2,1H3,(H2,26,29)/t15-,16-,22+/m0/s1. The van der Waals surface area contributed by atoms with Gasteiger partial charge in [-0.3, -0.25) is 4.79 Å². The summed E-state index contributed by atoms with van der Waals surface area (Å²) in [6.07, 6.45) is 5.55. The average Bonchev–Trinajstić information content (AvgIpc) is 3.53. The number of aliphatic hydroxyl groups excluding tert-OH is 1. The van der Waals surface area contributed by atoms with E-state index in [4.69, 9.17) is 30.0 Å². The van der Waals surface area contributed by atoms with E-state index < -0.39 is 0 Å². The van der Waals surface area contributed by atoms with Crippen molar-refractivity contribution in [1.82, 2.24) is 20.4 Å². The predicted octanol–water partition coefficient (Wildman–Crippen LogP) is 1.51. The fourth-order valence-corrected chi connectivity index (χ4v) is 7.16. The number of ether oxygens (including phenoxy) is 2. The Morgan fingerprint density at radius 1 is 1.32 bits per heavy atom. The highest BCUT2D eigenvalue weighted by molar-refractivity contribution is 7.99. The fraction of sp³-hybridized carbons (Fsp3) is 0.600. The van der Waals surface area contributed by atoms with Gasteiger partial charge in [0.1, 0.15) is 23.1 Å². The third kappa shape index (κ3) is 4.51. The lowest BCUT2D eigenvalue weighted by Crippen LogP contribution is -2.53. The molecule has 13 heteroatoms. The van der Waals surface area contributed by atoms with Crippen LogP contribution in [0.3, 0.4) is 0 Å². The maximum Gasteiger partial charge on any atom is 0.312 e. The number of rotatable bonds is 7. The predicted molar refractivity (Wildman–Crippen MR) is 140 cm³/mol. The van der Waals surface area contributed by atoms with Crippen LogP contribution in [0.25, 0.3) is 0 Å². The zero-order valence-electron chi connectivity index (χ0n) is 21.3. The molecule has 2 aromatic rings. The number of carbonyl (C=O) groups excluding carboxylic acids is 1. The molecule has 0 aliphatic carbocycles. The number of fused-ring (bicyclic) bond motifs is 3. The van der Waals surface area contributed by atoms with Crippen molar-refractivity contribution in [1.29, 1.82) is 0 Å². The molecule has 12 nitrogen and oxygen atoms in total. The van der Waals surface area contributed by atoms with Crippen molar-refractivity contribution in [3.05, 3.63) is 18.0 Å². The number of carbonyl (C=O) groups is 1. The van der Waals surface area contributed by atoms with Gasteiger partial charge in [0.05, 0.1) is 42.5 Å². The summed E-state index contributed by atoms with van der Waals surface area (Å²) in [7, 11) is 0. The van der Waals surface area contributed by atoms with Crippen LogP contribution in [0.1, 0.15) is 38.3 Å². The van der Waals surface area contributed by atoms with Crippen molar-refractivity contribution in [2.75, 3.05) is 48.4 Å². The average molecular weight is 544 g/mol. The molecule has 0 unspecified atom stereocenters. The third-order valence-electron chi connectivity index (χ3n) is 8.24. The molecule has 38 heavy (non-hydrogen) atoms. The minimum atomic E-state index is -0.224. The first-order valence-corrected chi connectivity index (χ1v) is 13.9. The van der Waals surface area contributed by atoms with Crippen LogP contribution in [0, 0.1) is 5.41 Å². The van der Waals surface area contributed by atoms with Gasteiger partial charge in [0.15, 0.2) is 17.4 Å². The van der Waals surface area contributed by atoms with Crippen LogP contribution < -0.4 is 25.8 Å². The van der Waals surface area contributed by atoms with Gasteiger partial charge in [0.2, 0.25) is 0 Å². The molecular weight excluding hydrogens is 510 g/mol. The summed E-state index contributed by atoms with van der Waals surface area (Å²) in [6, 6.07) is 2.08. The number of piperidine rings is 1. The highest BCUT2D eigenvalue weighted by atomic mass is 32.2. The zero-order chi connectivity index (χ0) is 26.3. The molecule has 6 heterocycles. The summed E-state index contributed by atoms with van der Waals surface area (Å²) in [5.74, 6) is 2.65. The lowest BCUT2D eigenvalue weighted by molar-refractivity contribution is -0.139. The highest BCUT2D eigenvalue weighted by Crippen LogP contribution is 2.46. The number of aromatic nitrogens is 3. The zero-order valence-corrected chi connectivity index (χ0v) is 22.2. The summed E-state index contributed by atoms with van der Waals surface area (Å²) in [4.78, 5) is 34.9. The van der Waals surface area contributed by atoms with E-state index in [0.717, 1.165) is 61.8 Å². The van der Waals surface area contributed by atoms with Crippen molar-refractivity contribution in [2.24, 2.45) is 5.41 Å². The molecule has 3 fully saturated rings. The summed E-state index contributed by atoms with van der Waals surface area (Å²) in [6.45, 7) is 5.81. The van der Waals surface area contributed by atoms with E-state index in [1.807, 2.05) is 13.0 Å². The number of hydrogen-bond acceptors (Lipinski definition) is 13. The molecule has 4 aliphatic rings. The molecule has 0 bridgehead atoms. The largest absolute Gasteiger partial charge is 0.486 e. The molecule has 0 radical (unpaired) electrons. The highest BCUT2D eigenvalue weighted by Gasteiger charge is 2.50. The van der Waals surface area contributed by atoms with Crippen LogP contribution in [0.15, 0.2) is 22.2 Å². The fourth-order valence-electron chi connectivity index (χ4n) is 6.25. The van der Waals surface area contributed by atoms with Gasteiger partial charge in [-0.25, -0.2) is 15.0 Å². The Bertz CT molecular complexity index is 1190. The SMILES string of the molecule is C[C@@H]1OCC2(CCN(c3ncc(Sc4cc(N)nc5c4OC[C@@H]4CCCN54)nc3CO)CC2)[C@@H]1NOC=O. The Balaban J connectivity index is 1.19. The van der Waals surface area contributed by atoms with Crippen LogP contribution >= 0.6 is 11.8 Å². The second kappa shape index (κ2) is 10.4. The van der Waals surface area contributed by atoms with E-state index in [9.17, 15) is 9.90 Å². The molecule has 0 amide bonds. The number of anilines is 3. The van der Waals surface area contributed by atoms with E-state index in [1.165, 1.54) is 11.8 Å². The molecule has 0 aromatic carbocycles. The number of nitrogens with two attached hydrogens (primary N) is 1. The first-order chi connectivity index (χ1) is 18.5. The number of nitrogens with zero attached hydrogens (tertiary/aromatic N) is 5. The molecule has 2 aromatic heterocycles. The molecule has 3 atom stereocenters. The van der Waals surface area contributed by atoms with Crippen LogP contribution in [0.5, 0.6) is 5.75 Å². The molecular formula is C25H33N7O5S. The second-order valence-electron chi connectivity index (χ2n) is 10.4. The molecule has 4 N–H and O–H groups in total. The van der Waals surface area contributed by atoms with E-state index in [2.05, 4.69) is 20.3 Å². The Labute approximate surface area is 225 Å². The topological polar surface area (TPSA) is 148 Å². The summed E-state index contributed by atoms with van der Waals surface area (Å²) < 4.78 is 12.0. The Hall–Kier alpha value is -2.87. The number of nitrogen functional groups attached to an aromatic ring is 1. The Morgan fingerprint density at radius 3 is 2.95 bits per heavy atom. The van der Waals surface area contributed by atoms with Crippen molar-refractivity contribution >= 4 is 35.7 Å². The lowest BCUT2D eigenvalue weighted by atomic mass is 9.73. The van der Waals surface area contributed by atoms with Gasteiger partial charge in [-0.1, -0.05) is 11.8 Å². The van der Waals surface area contributed by atoms with Crippen molar-refractivity contribution < 1.29 is 24.2 Å². The maximum atomic E-state index is 10.7. The van der Waals surface area contributed by atoms with Gasteiger partial charge in [0, 0.05) is 25.0 Å². The Kier molecular flexibility index (Phi) is 6.93. The number of hydroxylamine groups is 1. The van der Waals surface area contributed by atoms with Crippen molar-refractivity contribution in [3.8, 4) is 5.75 Å². The van der Waals surface area contributed by atoms with E-state index in [0.29, 0.717) is 48.1 Å². The first kappa shape index (κ1) is 25.4. The normalized spacial score (nSPS) is 25.7. The maximum absolute atomic E-state index is 10.7. The molecule has 4 aliphatic heterocycles. The van der Waals surface area contributed by atoms with Crippen LogP contribution in [-0.2, 0) is 21.0 Å². The minimum Gasteiger partial charge on any atom is -0.486 e. The molecule has 1 spiro atoms. The monoisotopic (exact) mass is 543 g/mol. The lowest BCUT2D eigenvalue weighted by Gasteiger charge is -2.42. The number of hydrogen-bond donors (Lipinski definition) is 3. The molecule has 3 saturated heterocycles. The Morgan fingerprint density at radius 2 is 2.16 bits per heavy atom. The van der Waals surface area contributed by atoms with E-state index in [1.54, 1.807) is 6.20 Å². The minimum absolute atomic E-state index is 0.0566. The van der Waals surface area contributed by atoms with Crippen LogP contribution in [0.4, 0.5) is 17.5 Å². The number of pyridine rings is 1. The van der Waals surface area contributed by atoms with Gasteiger partial charge in [-0.05, 0) is 38.7 Å². The van der Waals surface area contributed by atoms with Gasteiger partial charge < -0.3 is 35.0 Å². The number of aliphatic hydroxyl groups is 1. The summed E-state index contributed by atoms with van der Waals surface area (Å²) in [5.41, 5.74) is 9.44. The van der Waals surface area contributed by atoms with Crippen molar-refractivity contribution in [2.45, 2.75) is 67.3 Å².